The number of hydrogen-bond acceptors (Lipinski definition) is 6. The molecule has 1 aliphatic heterocycles. The average Bonchev–Trinajstić information content (AvgIpc) is 3.11. The molecule has 0 radical (unpaired) electrons. The van der Waals surface area contributed by atoms with Gasteiger partial charge in [-0.25, -0.2) is 0 Å². The molecule has 0 saturated carbocycles. The highest BCUT2D eigenvalue weighted by Crippen LogP contribution is 2.39. The lowest BCUT2D eigenvalue weighted by Gasteiger charge is -2.14. The molecule has 7 nitrogen and oxygen atoms in total. The molecule has 4 rings (SSSR count). The molecule has 3 aromatic carbocycles. The van der Waals surface area contributed by atoms with Gasteiger partial charge < -0.3 is 14.8 Å². The SMILES string of the molecule is COc1cc(/C=C2\SC(=O)N(Cc3cccc(C)c3)C2=O)cc(Cl)c1OCC(=O)Nc1ccc(Cl)cc1. The Morgan fingerprint density at radius 1 is 1.08 bits per heavy atom. The fourth-order valence-electron chi connectivity index (χ4n) is 3.61. The fraction of sp³-hybridized carbons (Fsp3) is 0.148. The highest BCUT2D eigenvalue weighted by Gasteiger charge is 2.35. The number of aryl methyl sites for hydroxylation is 1. The zero-order valence-corrected chi connectivity index (χ0v) is 22.2. The van der Waals surface area contributed by atoms with Crippen LogP contribution in [-0.2, 0) is 16.1 Å². The quantitative estimate of drug-likeness (QED) is 0.316. The topological polar surface area (TPSA) is 84.9 Å². The average molecular weight is 557 g/mol. The maximum Gasteiger partial charge on any atom is 0.293 e. The number of thioether (sulfide) groups is 1. The number of hydrogen-bond donors (Lipinski definition) is 1. The van der Waals surface area contributed by atoms with Gasteiger partial charge in [-0.3, -0.25) is 19.3 Å². The van der Waals surface area contributed by atoms with E-state index in [0.29, 0.717) is 16.3 Å². The smallest absolute Gasteiger partial charge is 0.293 e. The molecular formula is C27H22Cl2N2O5S. The number of methoxy groups -OCH3 is 1. The van der Waals surface area contributed by atoms with Crippen molar-refractivity contribution in [3.63, 3.8) is 0 Å². The predicted molar refractivity (Wildman–Crippen MR) is 146 cm³/mol. The van der Waals surface area contributed by atoms with E-state index in [2.05, 4.69) is 5.32 Å². The Morgan fingerprint density at radius 2 is 1.84 bits per heavy atom. The van der Waals surface area contributed by atoms with E-state index >= 15 is 0 Å². The Labute approximate surface area is 228 Å². The second-order valence-corrected chi connectivity index (χ2v) is 9.97. The van der Waals surface area contributed by atoms with Crippen molar-refractivity contribution in [2.45, 2.75) is 13.5 Å². The monoisotopic (exact) mass is 556 g/mol. The second kappa shape index (κ2) is 11.7. The second-order valence-electron chi connectivity index (χ2n) is 8.13. The molecule has 190 valence electrons. The third-order valence-corrected chi connectivity index (χ3v) is 6.76. The van der Waals surface area contributed by atoms with E-state index in [1.807, 2.05) is 31.2 Å². The molecule has 0 atom stereocenters. The normalized spacial score (nSPS) is 14.3. The zero-order valence-electron chi connectivity index (χ0n) is 19.9. The number of benzene rings is 3. The van der Waals surface area contributed by atoms with Crippen molar-refractivity contribution in [2.75, 3.05) is 19.0 Å². The first-order chi connectivity index (χ1) is 17.7. The van der Waals surface area contributed by atoms with E-state index in [0.717, 1.165) is 22.9 Å². The molecule has 1 aliphatic rings. The van der Waals surface area contributed by atoms with Gasteiger partial charge in [-0.15, -0.1) is 0 Å². The van der Waals surface area contributed by atoms with E-state index in [9.17, 15) is 14.4 Å². The van der Waals surface area contributed by atoms with Crippen LogP contribution in [-0.4, -0.2) is 35.7 Å². The Morgan fingerprint density at radius 3 is 2.54 bits per heavy atom. The molecule has 0 unspecified atom stereocenters. The number of carbonyl (C=O) groups is 3. The third kappa shape index (κ3) is 6.65. The van der Waals surface area contributed by atoms with Gasteiger partial charge in [-0.05, 0) is 72.3 Å². The minimum absolute atomic E-state index is 0.181. The minimum atomic E-state index is -0.396. The summed E-state index contributed by atoms with van der Waals surface area (Å²) in [6.07, 6.45) is 1.58. The summed E-state index contributed by atoms with van der Waals surface area (Å²) in [5, 5.41) is 3.09. The largest absolute Gasteiger partial charge is 0.493 e. The summed E-state index contributed by atoms with van der Waals surface area (Å²) in [5.74, 6) is -0.324. The fourth-order valence-corrected chi connectivity index (χ4v) is 4.85. The third-order valence-electron chi connectivity index (χ3n) is 5.32. The van der Waals surface area contributed by atoms with Gasteiger partial charge in [0.25, 0.3) is 17.1 Å². The number of imide groups is 1. The summed E-state index contributed by atoms with van der Waals surface area (Å²) in [5.41, 5.74) is 3.03. The standard InChI is InChI=1S/C27H22Cl2N2O5S/c1-16-4-3-5-17(10-16)14-31-26(33)23(37-27(31)34)13-18-11-21(29)25(22(12-18)35-2)36-15-24(32)30-20-8-6-19(28)7-9-20/h3-13H,14-15H2,1-2H3,(H,30,32)/b23-13-. The van der Waals surface area contributed by atoms with Crippen LogP contribution in [0.15, 0.2) is 65.6 Å². The molecule has 1 N–H and O–H groups in total. The van der Waals surface area contributed by atoms with Crippen molar-refractivity contribution in [3.05, 3.63) is 92.3 Å². The Hall–Kier alpha value is -3.46. The van der Waals surface area contributed by atoms with Crippen molar-refractivity contribution < 1.29 is 23.9 Å². The first-order valence-electron chi connectivity index (χ1n) is 11.1. The molecular weight excluding hydrogens is 535 g/mol. The van der Waals surface area contributed by atoms with Crippen LogP contribution in [0.3, 0.4) is 0 Å². The van der Waals surface area contributed by atoms with Crippen molar-refractivity contribution in [3.8, 4) is 11.5 Å². The molecule has 1 saturated heterocycles. The van der Waals surface area contributed by atoms with Crippen LogP contribution in [0.5, 0.6) is 11.5 Å². The Kier molecular flexibility index (Phi) is 8.43. The summed E-state index contributed by atoms with van der Waals surface area (Å²) in [4.78, 5) is 39.2. The van der Waals surface area contributed by atoms with Gasteiger partial charge in [0.05, 0.1) is 23.6 Å². The van der Waals surface area contributed by atoms with Crippen LogP contribution in [0.2, 0.25) is 10.0 Å². The Balaban J connectivity index is 1.46. The van der Waals surface area contributed by atoms with Gasteiger partial charge in [-0.2, -0.15) is 0 Å². The highest BCUT2D eigenvalue weighted by molar-refractivity contribution is 8.18. The maximum absolute atomic E-state index is 12.9. The molecule has 0 aromatic heterocycles. The number of rotatable bonds is 8. The lowest BCUT2D eigenvalue weighted by molar-refractivity contribution is -0.123. The van der Waals surface area contributed by atoms with Crippen molar-refractivity contribution in [1.82, 2.24) is 4.90 Å². The van der Waals surface area contributed by atoms with Crippen LogP contribution in [0.25, 0.3) is 6.08 Å². The number of halogens is 2. The number of amides is 3. The lowest BCUT2D eigenvalue weighted by Crippen LogP contribution is -2.27. The number of anilines is 1. The van der Waals surface area contributed by atoms with Crippen LogP contribution in [0.4, 0.5) is 10.5 Å². The maximum atomic E-state index is 12.9. The Bertz CT molecular complexity index is 1390. The number of nitrogens with zero attached hydrogens (tertiary/aromatic N) is 1. The summed E-state index contributed by atoms with van der Waals surface area (Å²) < 4.78 is 11.0. The van der Waals surface area contributed by atoms with Gasteiger partial charge in [0.2, 0.25) is 0 Å². The molecule has 1 fully saturated rings. The molecule has 0 spiro atoms. The van der Waals surface area contributed by atoms with Gasteiger partial charge in [0, 0.05) is 10.7 Å². The van der Waals surface area contributed by atoms with Crippen LogP contribution in [0.1, 0.15) is 16.7 Å². The molecule has 37 heavy (non-hydrogen) atoms. The summed E-state index contributed by atoms with van der Waals surface area (Å²) in [6, 6.07) is 17.5. The van der Waals surface area contributed by atoms with Gasteiger partial charge in [0.15, 0.2) is 18.1 Å². The van der Waals surface area contributed by atoms with E-state index in [-0.39, 0.29) is 45.7 Å². The van der Waals surface area contributed by atoms with Crippen molar-refractivity contribution >= 4 is 63.8 Å². The van der Waals surface area contributed by atoms with E-state index < -0.39 is 5.91 Å². The number of carbonyl (C=O) groups excluding carboxylic acids is 3. The molecule has 0 bridgehead atoms. The van der Waals surface area contributed by atoms with E-state index in [1.54, 1.807) is 42.5 Å². The summed E-state index contributed by atoms with van der Waals surface area (Å²) >= 11 is 13.1. The first kappa shape index (κ1) is 26.6. The van der Waals surface area contributed by atoms with Crippen LogP contribution >= 0.6 is 35.0 Å². The van der Waals surface area contributed by atoms with Gasteiger partial charge >= 0.3 is 0 Å². The minimum Gasteiger partial charge on any atom is -0.493 e. The van der Waals surface area contributed by atoms with Gasteiger partial charge in [-0.1, -0.05) is 53.0 Å². The first-order valence-corrected chi connectivity index (χ1v) is 12.7. The van der Waals surface area contributed by atoms with Crippen molar-refractivity contribution in [2.24, 2.45) is 0 Å². The molecule has 10 heteroatoms. The predicted octanol–water partition coefficient (Wildman–Crippen LogP) is 6.56. The van der Waals surface area contributed by atoms with E-state index in [1.165, 1.54) is 12.0 Å². The molecule has 0 aliphatic carbocycles. The van der Waals surface area contributed by atoms with Crippen LogP contribution < -0.4 is 14.8 Å². The van der Waals surface area contributed by atoms with E-state index in [4.69, 9.17) is 32.7 Å². The van der Waals surface area contributed by atoms with Gasteiger partial charge in [0.1, 0.15) is 0 Å². The highest BCUT2D eigenvalue weighted by atomic mass is 35.5. The lowest BCUT2D eigenvalue weighted by atomic mass is 10.1. The molecule has 3 aromatic rings. The van der Waals surface area contributed by atoms with Crippen molar-refractivity contribution in [1.29, 1.82) is 0 Å². The molecule has 3 amide bonds. The zero-order chi connectivity index (χ0) is 26.5. The summed E-state index contributed by atoms with van der Waals surface area (Å²) in [6.45, 7) is 1.84. The summed E-state index contributed by atoms with van der Waals surface area (Å²) in [7, 11) is 1.44. The number of nitrogens with one attached hydrogen (secondary N) is 1. The molecule has 1 heterocycles. The number of ether oxygens (including phenoxy) is 2. The van der Waals surface area contributed by atoms with Crippen LogP contribution in [0, 0.1) is 6.92 Å².